The second-order valence-electron chi connectivity index (χ2n) is 4.62. The molecule has 0 aromatic rings. The van der Waals surface area contributed by atoms with Crippen molar-refractivity contribution < 1.29 is 0 Å². The average molecular weight is 196 g/mol. The summed E-state index contributed by atoms with van der Waals surface area (Å²) in [6.45, 7) is 12.9. The molecule has 1 atom stereocenters. The summed E-state index contributed by atoms with van der Waals surface area (Å²) >= 11 is 0. The molecule has 1 unspecified atom stereocenters. The van der Waals surface area contributed by atoms with Crippen LogP contribution in [0.4, 0.5) is 0 Å². The largest absolute Gasteiger partial charge is 0.314 e. The van der Waals surface area contributed by atoms with Crippen molar-refractivity contribution in [2.75, 3.05) is 26.2 Å². The van der Waals surface area contributed by atoms with Crippen LogP contribution in [0.3, 0.4) is 0 Å². The van der Waals surface area contributed by atoms with Crippen molar-refractivity contribution in [3.63, 3.8) is 0 Å². The number of likely N-dealkylation sites (tertiary alicyclic amines) is 1. The second-order valence-corrected chi connectivity index (χ2v) is 4.62. The van der Waals surface area contributed by atoms with E-state index >= 15 is 0 Å². The standard InChI is InChI=1S/C12H24N2/c1-4-7-14-8-5-6-12(10-14)9-13-11(2)3/h4,11-13H,1,5-10H2,2-3H3. The molecule has 2 nitrogen and oxygen atoms in total. The third-order valence-electron chi connectivity index (χ3n) is 2.81. The Morgan fingerprint density at radius 3 is 3.00 bits per heavy atom. The fraction of sp³-hybridized carbons (Fsp3) is 0.833. The highest BCUT2D eigenvalue weighted by Gasteiger charge is 2.18. The van der Waals surface area contributed by atoms with E-state index in [-0.39, 0.29) is 0 Å². The van der Waals surface area contributed by atoms with E-state index in [1.54, 1.807) is 0 Å². The summed E-state index contributed by atoms with van der Waals surface area (Å²) in [5, 5.41) is 3.53. The summed E-state index contributed by atoms with van der Waals surface area (Å²) < 4.78 is 0. The number of nitrogens with one attached hydrogen (secondary N) is 1. The van der Waals surface area contributed by atoms with Gasteiger partial charge >= 0.3 is 0 Å². The lowest BCUT2D eigenvalue weighted by molar-refractivity contribution is 0.186. The van der Waals surface area contributed by atoms with E-state index < -0.39 is 0 Å². The normalized spacial score (nSPS) is 24.1. The molecule has 0 aromatic heterocycles. The lowest BCUT2D eigenvalue weighted by Gasteiger charge is -2.32. The highest BCUT2D eigenvalue weighted by atomic mass is 15.1. The van der Waals surface area contributed by atoms with Crippen LogP contribution in [0, 0.1) is 5.92 Å². The molecule has 1 N–H and O–H groups in total. The molecule has 14 heavy (non-hydrogen) atoms. The van der Waals surface area contributed by atoms with Gasteiger partial charge in [0.2, 0.25) is 0 Å². The van der Waals surface area contributed by atoms with E-state index in [1.165, 1.54) is 32.5 Å². The van der Waals surface area contributed by atoms with Gasteiger partial charge in [-0.2, -0.15) is 0 Å². The summed E-state index contributed by atoms with van der Waals surface area (Å²) in [6.07, 6.45) is 4.74. The summed E-state index contributed by atoms with van der Waals surface area (Å²) in [5.41, 5.74) is 0. The molecule has 1 aliphatic rings. The van der Waals surface area contributed by atoms with Crippen LogP contribution in [0.2, 0.25) is 0 Å². The predicted octanol–water partition coefficient (Wildman–Crippen LogP) is 1.88. The molecule has 0 amide bonds. The quantitative estimate of drug-likeness (QED) is 0.675. The summed E-state index contributed by atoms with van der Waals surface area (Å²) in [6, 6.07) is 0.616. The fourth-order valence-electron chi connectivity index (χ4n) is 2.07. The smallest absolute Gasteiger partial charge is 0.0160 e. The highest BCUT2D eigenvalue weighted by molar-refractivity contribution is 4.80. The Morgan fingerprint density at radius 1 is 1.57 bits per heavy atom. The number of piperidine rings is 1. The molecule has 0 aromatic carbocycles. The van der Waals surface area contributed by atoms with Crippen molar-refractivity contribution in [3.05, 3.63) is 12.7 Å². The Labute approximate surface area is 88.4 Å². The van der Waals surface area contributed by atoms with Crippen LogP contribution in [-0.4, -0.2) is 37.1 Å². The van der Waals surface area contributed by atoms with Crippen LogP contribution in [0.5, 0.6) is 0 Å². The first-order chi connectivity index (χ1) is 6.72. The first-order valence-electron chi connectivity index (χ1n) is 5.79. The number of hydrogen-bond acceptors (Lipinski definition) is 2. The number of hydrogen-bond donors (Lipinski definition) is 1. The average Bonchev–Trinajstić information content (AvgIpc) is 2.16. The van der Waals surface area contributed by atoms with Gasteiger partial charge in [-0.25, -0.2) is 0 Å². The molecule has 1 heterocycles. The van der Waals surface area contributed by atoms with E-state index in [9.17, 15) is 0 Å². The van der Waals surface area contributed by atoms with Crippen molar-refractivity contribution >= 4 is 0 Å². The molecule has 1 aliphatic heterocycles. The lowest BCUT2D eigenvalue weighted by Crippen LogP contribution is -2.40. The van der Waals surface area contributed by atoms with Gasteiger partial charge in [0.25, 0.3) is 0 Å². The molecule has 0 aliphatic carbocycles. The van der Waals surface area contributed by atoms with Gasteiger partial charge in [0.15, 0.2) is 0 Å². The Bertz CT molecular complexity index is 166. The zero-order valence-electron chi connectivity index (χ0n) is 9.63. The molecule has 0 saturated carbocycles. The Morgan fingerprint density at radius 2 is 2.36 bits per heavy atom. The highest BCUT2D eigenvalue weighted by Crippen LogP contribution is 2.15. The fourth-order valence-corrected chi connectivity index (χ4v) is 2.07. The minimum atomic E-state index is 0.616. The topological polar surface area (TPSA) is 15.3 Å². The first-order valence-corrected chi connectivity index (χ1v) is 5.79. The Kier molecular flexibility index (Phi) is 5.20. The number of rotatable bonds is 5. The van der Waals surface area contributed by atoms with Crippen molar-refractivity contribution in [2.45, 2.75) is 32.7 Å². The van der Waals surface area contributed by atoms with Crippen LogP contribution < -0.4 is 5.32 Å². The molecule has 1 rings (SSSR count). The monoisotopic (exact) mass is 196 g/mol. The van der Waals surface area contributed by atoms with E-state index in [0.717, 1.165) is 12.5 Å². The molecule has 82 valence electrons. The predicted molar refractivity (Wildman–Crippen MR) is 62.5 cm³/mol. The third-order valence-corrected chi connectivity index (χ3v) is 2.81. The maximum atomic E-state index is 3.80. The minimum absolute atomic E-state index is 0.616. The van der Waals surface area contributed by atoms with Crippen molar-refractivity contribution in [1.82, 2.24) is 10.2 Å². The maximum Gasteiger partial charge on any atom is 0.0160 e. The summed E-state index contributed by atoms with van der Waals surface area (Å²) in [4.78, 5) is 2.50. The second kappa shape index (κ2) is 6.20. The molecule has 0 bridgehead atoms. The van der Waals surface area contributed by atoms with Crippen LogP contribution in [0.15, 0.2) is 12.7 Å². The first kappa shape index (κ1) is 11.7. The van der Waals surface area contributed by atoms with E-state index in [2.05, 4.69) is 30.6 Å². The van der Waals surface area contributed by atoms with Crippen LogP contribution in [0.1, 0.15) is 26.7 Å². The van der Waals surface area contributed by atoms with Crippen molar-refractivity contribution in [1.29, 1.82) is 0 Å². The molecule has 0 spiro atoms. The Balaban J connectivity index is 2.21. The van der Waals surface area contributed by atoms with Crippen molar-refractivity contribution in [2.24, 2.45) is 5.92 Å². The van der Waals surface area contributed by atoms with Crippen LogP contribution in [0.25, 0.3) is 0 Å². The van der Waals surface area contributed by atoms with Gasteiger partial charge in [0.1, 0.15) is 0 Å². The maximum absolute atomic E-state index is 3.80. The van der Waals surface area contributed by atoms with E-state index in [4.69, 9.17) is 0 Å². The van der Waals surface area contributed by atoms with Crippen LogP contribution >= 0.6 is 0 Å². The molecule has 0 radical (unpaired) electrons. The van der Waals surface area contributed by atoms with E-state index in [1.807, 2.05) is 6.08 Å². The molecular weight excluding hydrogens is 172 g/mol. The molecule has 2 heteroatoms. The van der Waals surface area contributed by atoms with Gasteiger partial charge < -0.3 is 5.32 Å². The zero-order valence-corrected chi connectivity index (χ0v) is 9.63. The van der Waals surface area contributed by atoms with Gasteiger partial charge in [-0.3, -0.25) is 4.90 Å². The van der Waals surface area contributed by atoms with Crippen LogP contribution in [-0.2, 0) is 0 Å². The van der Waals surface area contributed by atoms with Gasteiger partial charge in [-0.1, -0.05) is 19.9 Å². The molecular formula is C12H24N2. The molecule has 1 fully saturated rings. The minimum Gasteiger partial charge on any atom is -0.314 e. The van der Waals surface area contributed by atoms with Gasteiger partial charge in [0, 0.05) is 19.1 Å². The van der Waals surface area contributed by atoms with Crippen molar-refractivity contribution in [3.8, 4) is 0 Å². The zero-order chi connectivity index (χ0) is 10.4. The van der Waals surface area contributed by atoms with Gasteiger partial charge in [-0.15, -0.1) is 6.58 Å². The van der Waals surface area contributed by atoms with Gasteiger partial charge in [0.05, 0.1) is 0 Å². The van der Waals surface area contributed by atoms with Gasteiger partial charge in [-0.05, 0) is 31.8 Å². The molecule has 1 saturated heterocycles. The Hall–Kier alpha value is -0.340. The lowest BCUT2D eigenvalue weighted by atomic mass is 9.98. The summed E-state index contributed by atoms with van der Waals surface area (Å²) in [7, 11) is 0. The number of nitrogens with zero attached hydrogens (tertiary/aromatic N) is 1. The van der Waals surface area contributed by atoms with E-state index in [0.29, 0.717) is 6.04 Å². The SMILES string of the molecule is C=CCN1CCCC(CNC(C)C)C1. The summed E-state index contributed by atoms with van der Waals surface area (Å²) in [5.74, 6) is 0.839. The third kappa shape index (κ3) is 4.25.